The third-order valence-corrected chi connectivity index (χ3v) is 3.45. The van der Waals surface area contributed by atoms with Crippen LogP contribution in [0.25, 0.3) is 0 Å². The first-order valence-electron chi connectivity index (χ1n) is 7.52. The summed E-state index contributed by atoms with van der Waals surface area (Å²) in [7, 11) is 1.57. The van der Waals surface area contributed by atoms with Gasteiger partial charge in [0.05, 0.1) is 7.11 Å². The number of para-hydroxylation sites is 1. The summed E-state index contributed by atoms with van der Waals surface area (Å²) >= 11 is 0. The first-order chi connectivity index (χ1) is 10.6. The highest BCUT2D eigenvalue weighted by atomic mass is 16.5. The standard InChI is InChI=1S/C16H25N3O3/c1-4-19(5-2)11-10-17-15(20)16(21)18-12-13-8-6-7-9-14(13)22-3/h6-9H,4-5,10-12H2,1-3H3,(H,17,20)(H,18,21). The van der Waals surface area contributed by atoms with Gasteiger partial charge in [-0.25, -0.2) is 0 Å². The number of ether oxygens (including phenoxy) is 1. The van der Waals surface area contributed by atoms with Crippen LogP contribution in [0.2, 0.25) is 0 Å². The molecule has 0 heterocycles. The third kappa shape index (κ3) is 5.73. The average Bonchev–Trinajstić information content (AvgIpc) is 2.56. The number of likely N-dealkylation sites (N-methyl/N-ethyl adjacent to an activating group) is 1. The van der Waals surface area contributed by atoms with Crippen LogP contribution in [0.4, 0.5) is 0 Å². The molecule has 0 atom stereocenters. The molecule has 0 fully saturated rings. The predicted molar refractivity (Wildman–Crippen MR) is 85.6 cm³/mol. The van der Waals surface area contributed by atoms with Crippen LogP contribution < -0.4 is 15.4 Å². The van der Waals surface area contributed by atoms with Crippen LogP contribution in [-0.2, 0) is 16.1 Å². The molecule has 122 valence electrons. The normalized spacial score (nSPS) is 10.4. The Balaban J connectivity index is 2.37. The third-order valence-electron chi connectivity index (χ3n) is 3.45. The lowest BCUT2D eigenvalue weighted by Crippen LogP contribution is -2.42. The monoisotopic (exact) mass is 307 g/mol. The smallest absolute Gasteiger partial charge is 0.309 e. The van der Waals surface area contributed by atoms with Crippen molar-refractivity contribution in [3.8, 4) is 5.75 Å². The van der Waals surface area contributed by atoms with Crippen LogP contribution in [0.5, 0.6) is 5.75 Å². The molecule has 0 spiro atoms. The number of rotatable bonds is 8. The number of benzene rings is 1. The Morgan fingerprint density at radius 2 is 1.73 bits per heavy atom. The van der Waals surface area contributed by atoms with Gasteiger partial charge in [0.25, 0.3) is 0 Å². The fourth-order valence-corrected chi connectivity index (χ4v) is 2.05. The molecule has 0 bridgehead atoms. The Kier molecular flexibility index (Phi) is 7.99. The summed E-state index contributed by atoms with van der Waals surface area (Å²) in [4.78, 5) is 25.6. The maximum absolute atomic E-state index is 11.8. The predicted octanol–water partition coefficient (Wildman–Crippen LogP) is 0.769. The first-order valence-corrected chi connectivity index (χ1v) is 7.52. The summed E-state index contributed by atoms with van der Waals surface area (Å²) < 4.78 is 5.20. The van der Waals surface area contributed by atoms with Gasteiger partial charge in [0.15, 0.2) is 0 Å². The molecule has 6 nitrogen and oxygen atoms in total. The van der Waals surface area contributed by atoms with E-state index in [1.165, 1.54) is 0 Å². The second-order valence-electron chi connectivity index (χ2n) is 4.78. The van der Waals surface area contributed by atoms with E-state index in [-0.39, 0.29) is 6.54 Å². The minimum atomic E-state index is -0.634. The summed E-state index contributed by atoms with van der Waals surface area (Å²) in [5.41, 5.74) is 0.828. The van der Waals surface area contributed by atoms with E-state index in [0.717, 1.165) is 25.2 Å². The van der Waals surface area contributed by atoms with Crippen molar-refractivity contribution in [2.75, 3.05) is 33.3 Å². The number of carbonyl (C=O) groups excluding carboxylic acids is 2. The van der Waals surface area contributed by atoms with E-state index >= 15 is 0 Å². The lowest BCUT2D eigenvalue weighted by atomic mass is 10.2. The van der Waals surface area contributed by atoms with E-state index in [1.54, 1.807) is 7.11 Å². The molecule has 2 amide bonds. The average molecular weight is 307 g/mol. The van der Waals surface area contributed by atoms with Crippen LogP contribution in [0.3, 0.4) is 0 Å². The minimum Gasteiger partial charge on any atom is -0.496 e. The number of carbonyl (C=O) groups is 2. The van der Waals surface area contributed by atoms with Gasteiger partial charge < -0.3 is 20.3 Å². The molecule has 2 N–H and O–H groups in total. The molecule has 0 aliphatic rings. The Morgan fingerprint density at radius 1 is 1.09 bits per heavy atom. The second-order valence-corrected chi connectivity index (χ2v) is 4.78. The highest BCUT2D eigenvalue weighted by Gasteiger charge is 2.13. The molecule has 0 saturated carbocycles. The highest BCUT2D eigenvalue weighted by Crippen LogP contribution is 2.16. The number of nitrogens with one attached hydrogen (secondary N) is 2. The number of hydrogen-bond acceptors (Lipinski definition) is 4. The van der Waals surface area contributed by atoms with Gasteiger partial charge in [-0.05, 0) is 19.2 Å². The van der Waals surface area contributed by atoms with Crippen LogP contribution in [0, 0.1) is 0 Å². The van der Waals surface area contributed by atoms with Gasteiger partial charge in [0.2, 0.25) is 0 Å². The van der Waals surface area contributed by atoms with E-state index in [0.29, 0.717) is 12.3 Å². The maximum Gasteiger partial charge on any atom is 0.309 e. The van der Waals surface area contributed by atoms with E-state index in [2.05, 4.69) is 29.4 Å². The number of methoxy groups -OCH3 is 1. The summed E-state index contributed by atoms with van der Waals surface area (Å²) in [5.74, 6) is -0.558. The van der Waals surface area contributed by atoms with Crippen molar-refractivity contribution < 1.29 is 14.3 Å². The van der Waals surface area contributed by atoms with Gasteiger partial charge >= 0.3 is 11.8 Å². The van der Waals surface area contributed by atoms with Crippen LogP contribution in [0.15, 0.2) is 24.3 Å². The summed E-state index contributed by atoms with van der Waals surface area (Å²) in [6.45, 7) is 7.42. The Bertz CT molecular complexity index is 487. The molecule has 1 aromatic rings. The van der Waals surface area contributed by atoms with Crippen LogP contribution in [0.1, 0.15) is 19.4 Å². The molecule has 22 heavy (non-hydrogen) atoms. The molecule has 6 heteroatoms. The molecule has 0 aliphatic heterocycles. The Labute approximate surface area is 131 Å². The molecule has 0 radical (unpaired) electrons. The number of amides is 2. The molecular weight excluding hydrogens is 282 g/mol. The van der Waals surface area contributed by atoms with Crippen molar-refractivity contribution in [1.29, 1.82) is 0 Å². The van der Waals surface area contributed by atoms with E-state index in [1.807, 2.05) is 24.3 Å². The van der Waals surface area contributed by atoms with Crippen LogP contribution >= 0.6 is 0 Å². The Morgan fingerprint density at radius 3 is 2.36 bits per heavy atom. The first kappa shape index (κ1) is 18.0. The quantitative estimate of drug-likeness (QED) is 0.696. The van der Waals surface area contributed by atoms with Crippen molar-refractivity contribution in [1.82, 2.24) is 15.5 Å². The van der Waals surface area contributed by atoms with Gasteiger partial charge in [-0.2, -0.15) is 0 Å². The summed E-state index contributed by atoms with van der Waals surface area (Å²) in [6, 6.07) is 7.36. The van der Waals surface area contributed by atoms with Crippen molar-refractivity contribution in [2.24, 2.45) is 0 Å². The Hall–Kier alpha value is -2.08. The van der Waals surface area contributed by atoms with Crippen molar-refractivity contribution in [2.45, 2.75) is 20.4 Å². The van der Waals surface area contributed by atoms with Gasteiger partial charge in [-0.15, -0.1) is 0 Å². The van der Waals surface area contributed by atoms with Gasteiger partial charge in [0.1, 0.15) is 5.75 Å². The van der Waals surface area contributed by atoms with Gasteiger partial charge in [0, 0.05) is 25.2 Å². The summed E-state index contributed by atoms with van der Waals surface area (Å²) in [5, 5.41) is 5.22. The van der Waals surface area contributed by atoms with E-state index < -0.39 is 11.8 Å². The SMILES string of the molecule is CCN(CC)CCNC(=O)C(=O)NCc1ccccc1OC. The molecule has 0 aromatic heterocycles. The fourth-order valence-electron chi connectivity index (χ4n) is 2.05. The van der Waals surface area contributed by atoms with Crippen LogP contribution in [-0.4, -0.2) is 50.0 Å². The van der Waals surface area contributed by atoms with Gasteiger partial charge in [-0.1, -0.05) is 32.0 Å². The molecule has 0 aliphatic carbocycles. The fraction of sp³-hybridized carbons (Fsp3) is 0.500. The van der Waals surface area contributed by atoms with Gasteiger partial charge in [-0.3, -0.25) is 9.59 Å². The lowest BCUT2D eigenvalue weighted by molar-refractivity contribution is -0.139. The highest BCUT2D eigenvalue weighted by molar-refractivity contribution is 6.35. The molecule has 1 rings (SSSR count). The molecule has 1 aromatic carbocycles. The molecule has 0 unspecified atom stereocenters. The zero-order valence-corrected chi connectivity index (χ0v) is 13.5. The minimum absolute atomic E-state index is 0.256. The van der Waals surface area contributed by atoms with E-state index in [4.69, 9.17) is 4.74 Å². The number of hydrogen-bond donors (Lipinski definition) is 2. The second kappa shape index (κ2) is 9.78. The van der Waals surface area contributed by atoms with Crippen molar-refractivity contribution in [3.63, 3.8) is 0 Å². The lowest BCUT2D eigenvalue weighted by Gasteiger charge is -2.17. The molecule has 0 saturated heterocycles. The van der Waals surface area contributed by atoms with Crippen molar-refractivity contribution >= 4 is 11.8 Å². The summed E-state index contributed by atoms with van der Waals surface area (Å²) in [6.07, 6.45) is 0. The number of nitrogens with zero attached hydrogens (tertiary/aromatic N) is 1. The zero-order valence-electron chi connectivity index (χ0n) is 13.5. The maximum atomic E-state index is 11.8. The molecular formula is C16H25N3O3. The van der Waals surface area contributed by atoms with Crippen molar-refractivity contribution in [3.05, 3.63) is 29.8 Å². The van der Waals surface area contributed by atoms with E-state index in [9.17, 15) is 9.59 Å². The largest absolute Gasteiger partial charge is 0.496 e. The topological polar surface area (TPSA) is 70.7 Å². The zero-order chi connectivity index (χ0) is 16.4.